The summed E-state index contributed by atoms with van der Waals surface area (Å²) in [6.07, 6.45) is 14.5. The van der Waals surface area contributed by atoms with Crippen LogP contribution in [0.5, 0.6) is 5.75 Å². The Bertz CT molecular complexity index is 1750. The van der Waals surface area contributed by atoms with Crippen molar-refractivity contribution in [3.05, 3.63) is 90.1 Å². The van der Waals surface area contributed by atoms with Crippen molar-refractivity contribution in [2.45, 2.75) is 82.0 Å². The number of nitrogens with zero attached hydrogens (tertiary/aromatic N) is 4. The molecule has 2 aromatic carbocycles. The van der Waals surface area contributed by atoms with Crippen LogP contribution < -0.4 is 15.0 Å². The average molecular weight is 682 g/mol. The van der Waals surface area contributed by atoms with Crippen molar-refractivity contribution in [3.8, 4) is 16.9 Å². The molecule has 0 bridgehead atoms. The summed E-state index contributed by atoms with van der Waals surface area (Å²) in [5.74, 6) is 2.02. The van der Waals surface area contributed by atoms with E-state index in [0.717, 1.165) is 103 Å². The number of carbonyl (C=O) groups excluding carboxylic acids is 1. The molecule has 0 spiro atoms. The second kappa shape index (κ2) is 16.9. The smallest absolute Gasteiger partial charge is 0.251 e. The average Bonchev–Trinajstić information content (AvgIpc) is 3.77. The Morgan fingerprint density at radius 1 is 0.980 bits per heavy atom. The number of hydrogen-bond donors (Lipinski definition) is 1. The highest BCUT2D eigenvalue weighted by Crippen LogP contribution is 2.36. The van der Waals surface area contributed by atoms with Gasteiger partial charge in [0.1, 0.15) is 18.2 Å². The molecule has 6 rings (SSSR count). The van der Waals surface area contributed by atoms with Crippen molar-refractivity contribution in [2.24, 2.45) is 0 Å². The van der Waals surface area contributed by atoms with E-state index in [2.05, 4.69) is 39.7 Å². The lowest BCUT2D eigenvalue weighted by Crippen LogP contribution is -2.32. The minimum absolute atomic E-state index is 0.125. The largest absolute Gasteiger partial charge is 0.491 e. The van der Waals surface area contributed by atoms with Gasteiger partial charge in [-0.05, 0) is 92.6 Å². The first-order valence-corrected chi connectivity index (χ1v) is 18.9. The molecule has 2 atom stereocenters. The van der Waals surface area contributed by atoms with Gasteiger partial charge < -0.3 is 24.3 Å². The van der Waals surface area contributed by atoms with E-state index in [1.165, 1.54) is 0 Å². The number of imidazole rings is 1. The molecule has 258 valence electrons. The zero-order chi connectivity index (χ0) is 34.0. The van der Waals surface area contributed by atoms with E-state index < -0.39 is 10.8 Å². The Hall–Kier alpha value is -4.28. The van der Waals surface area contributed by atoms with Crippen LogP contribution in [-0.2, 0) is 32.6 Å². The second-order valence-electron chi connectivity index (χ2n) is 12.7. The molecule has 1 fully saturated rings. The van der Waals surface area contributed by atoms with E-state index in [9.17, 15) is 9.00 Å². The number of hydrogen-bond acceptors (Lipinski definition) is 7. The van der Waals surface area contributed by atoms with Gasteiger partial charge in [0.25, 0.3) is 5.91 Å². The van der Waals surface area contributed by atoms with Gasteiger partial charge in [0.05, 0.1) is 35.2 Å². The zero-order valence-corrected chi connectivity index (χ0v) is 29.4. The molecular formula is C39H47N5O4S. The molecule has 1 amide bonds. The van der Waals surface area contributed by atoms with Gasteiger partial charge in [-0.25, -0.2) is 9.97 Å². The van der Waals surface area contributed by atoms with Crippen LogP contribution in [-0.4, -0.2) is 57.1 Å². The van der Waals surface area contributed by atoms with Gasteiger partial charge in [-0.3, -0.25) is 9.00 Å². The highest BCUT2D eigenvalue weighted by atomic mass is 32.2. The lowest BCUT2D eigenvalue weighted by atomic mass is 9.96. The fourth-order valence-corrected chi connectivity index (χ4v) is 7.61. The normalized spacial score (nSPS) is 17.3. The topological polar surface area (TPSA) is 98.6 Å². The summed E-state index contributed by atoms with van der Waals surface area (Å²) >= 11 is 0. The van der Waals surface area contributed by atoms with Gasteiger partial charge in [0.15, 0.2) is 0 Å². The van der Waals surface area contributed by atoms with E-state index in [1.54, 1.807) is 12.5 Å². The SMILES string of the molecule is CCCCOCCOc1ccc(-c2cnc3c(c2)/C=C(/C(=O)Nc2ccc(S(=O)Cc4cncn4CCC)cc2)CCC2CCCN32)cc1. The monoisotopic (exact) mass is 681 g/mol. The summed E-state index contributed by atoms with van der Waals surface area (Å²) in [6, 6.07) is 17.9. The molecule has 2 aliphatic heterocycles. The van der Waals surface area contributed by atoms with E-state index in [-0.39, 0.29) is 5.91 Å². The Balaban J connectivity index is 1.15. The van der Waals surface area contributed by atoms with E-state index in [1.807, 2.05) is 60.8 Å². The lowest BCUT2D eigenvalue weighted by molar-refractivity contribution is -0.112. The summed E-state index contributed by atoms with van der Waals surface area (Å²) in [7, 11) is -1.22. The Kier molecular flexibility index (Phi) is 11.9. The predicted octanol–water partition coefficient (Wildman–Crippen LogP) is 7.64. The van der Waals surface area contributed by atoms with Gasteiger partial charge >= 0.3 is 0 Å². The molecule has 2 aromatic heterocycles. The fourth-order valence-electron chi connectivity index (χ4n) is 6.49. The zero-order valence-electron chi connectivity index (χ0n) is 28.6. The predicted molar refractivity (Wildman–Crippen MR) is 196 cm³/mol. The van der Waals surface area contributed by atoms with Crippen molar-refractivity contribution in [3.63, 3.8) is 0 Å². The molecule has 2 unspecified atom stereocenters. The molecule has 9 nitrogen and oxygen atoms in total. The minimum atomic E-state index is -1.22. The van der Waals surface area contributed by atoms with E-state index >= 15 is 0 Å². The minimum Gasteiger partial charge on any atom is -0.491 e. The number of ether oxygens (including phenoxy) is 2. The maximum atomic E-state index is 13.7. The molecular weight excluding hydrogens is 635 g/mol. The van der Waals surface area contributed by atoms with Crippen molar-refractivity contribution in [1.82, 2.24) is 14.5 Å². The Morgan fingerprint density at radius 3 is 2.61 bits per heavy atom. The number of nitrogens with one attached hydrogen (secondary N) is 1. The van der Waals surface area contributed by atoms with Crippen LogP contribution in [0.15, 0.2) is 83.8 Å². The number of aromatic nitrogens is 3. The van der Waals surface area contributed by atoms with Gasteiger partial charge in [-0.15, -0.1) is 0 Å². The summed E-state index contributed by atoms with van der Waals surface area (Å²) in [4.78, 5) is 26.0. The number of benzene rings is 2. The van der Waals surface area contributed by atoms with Crippen LogP contribution in [0.4, 0.5) is 11.5 Å². The van der Waals surface area contributed by atoms with Crippen LogP contribution in [0.1, 0.15) is 70.1 Å². The van der Waals surface area contributed by atoms with Crippen LogP contribution >= 0.6 is 0 Å². The first-order chi connectivity index (χ1) is 24.0. The number of pyridine rings is 1. The quantitative estimate of drug-likeness (QED) is 0.129. The first-order valence-electron chi connectivity index (χ1n) is 17.6. The number of aryl methyl sites for hydroxylation is 1. The molecule has 2 aliphatic rings. The van der Waals surface area contributed by atoms with Crippen molar-refractivity contribution >= 4 is 34.3 Å². The molecule has 49 heavy (non-hydrogen) atoms. The molecule has 1 saturated heterocycles. The third-order valence-corrected chi connectivity index (χ3v) is 10.5. The Morgan fingerprint density at radius 2 is 1.82 bits per heavy atom. The van der Waals surface area contributed by atoms with Crippen LogP contribution in [0, 0.1) is 0 Å². The molecule has 1 N–H and O–H groups in total. The van der Waals surface area contributed by atoms with Gasteiger partial charge in [-0.2, -0.15) is 0 Å². The van der Waals surface area contributed by atoms with Gasteiger partial charge in [-0.1, -0.05) is 32.4 Å². The summed E-state index contributed by atoms with van der Waals surface area (Å²) in [5.41, 5.74) is 5.34. The second-order valence-corrected chi connectivity index (χ2v) is 14.2. The highest BCUT2D eigenvalue weighted by molar-refractivity contribution is 7.84. The van der Waals surface area contributed by atoms with E-state index in [4.69, 9.17) is 14.5 Å². The number of amides is 1. The van der Waals surface area contributed by atoms with Crippen molar-refractivity contribution in [2.75, 3.05) is 36.6 Å². The highest BCUT2D eigenvalue weighted by Gasteiger charge is 2.30. The summed E-state index contributed by atoms with van der Waals surface area (Å²) < 4.78 is 26.6. The van der Waals surface area contributed by atoms with Crippen molar-refractivity contribution < 1.29 is 18.5 Å². The van der Waals surface area contributed by atoms with Gasteiger partial charge in [0.2, 0.25) is 0 Å². The third kappa shape index (κ3) is 8.85. The molecule has 0 radical (unpaired) electrons. The number of fused-ring (bicyclic) bond motifs is 3. The maximum Gasteiger partial charge on any atom is 0.251 e. The number of carbonyl (C=O) groups is 1. The fraction of sp³-hybridized carbons (Fsp3) is 0.410. The third-order valence-electron chi connectivity index (χ3n) is 9.16. The maximum absolute atomic E-state index is 13.7. The number of anilines is 2. The molecule has 4 aromatic rings. The summed E-state index contributed by atoms with van der Waals surface area (Å²) in [6.45, 7) is 7.96. The number of rotatable bonds is 15. The molecule has 0 aliphatic carbocycles. The number of unbranched alkanes of at least 4 members (excludes halogenated alkanes) is 1. The first kappa shape index (κ1) is 34.6. The van der Waals surface area contributed by atoms with E-state index in [0.29, 0.717) is 37.1 Å². The molecule has 4 heterocycles. The van der Waals surface area contributed by atoms with Crippen LogP contribution in [0.3, 0.4) is 0 Å². The van der Waals surface area contributed by atoms with Crippen molar-refractivity contribution in [1.29, 1.82) is 0 Å². The Labute approximate surface area is 292 Å². The van der Waals surface area contributed by atoms with Crippen LogP contribution in [0.2, 0.25) is 0 Å². The molecule has 0 saturated carbocycles. The van der Waals surface area contributed by atoms with Gasteiger partial charge in [0, 0.05) is 65.4 Å². The molecule has 10 heteroatoms. The lowest BCUT2D eigenvalue weighted by Gasteiger charge is -2.29. The summed E-state index contributed by atoms with van der Waals surface area (Å²) in [5, 5.41) is 3.09. The van der Waals surface area contributed by atoms with Crippen LogP contribution in [0.25, 0.3) is 17.2 Å². The standard InChI is InChI=1S/C39H47N5O4S/c1-3-5-20-47-21-22-48-36-14-9-29(10-15-36)32-24-31-23-30(8-13-34-7-6-19-44(34)38(31)41-25-32)39(45)42-33-11-16-37(17-12-33)49(46)27-35-26-40-28-43(35)18-4-2/h9-12,14-17,23-26,28,34H,3-8,13,18-22,27H2,1-2H3,(H,42,45)/b30-23+.